The van der Waals surface area contributed by atoms with Crippen molar-refractivity contribution in [3.8, 4) is 0 Å². The smallest absolute Gasteiger partial charge is 0.251 e. The molecule has 6 nitrogen and oxygen atoms in total. The van der Waals surface area contributed by atoms with E-state index in [9.17, 15) is 14.0 Å². The van der Waals surface area contributed by atoms with Crippen molar-refractivity contribution < 1.29 is 18.7 Å². The number of rotatable bonds is 6. The zero-order valence-corrected chi connectivity index (χ0v) is 17.6. The van der Waals surface area contributed by atoms with E-state index in [1.807, 2.05) is 24.8 Å². The van der Waals surface area contributed by atoms with E-state index >= 15 is 0 Å². The van der Waals surface area contributed by atoms with Crippen LogP contribution >= 0.6 is 0 Å². The maximum Gasteiger partial charge on any atom is 0.251 e. The lowest BCUT2D eigenvalue weighted by molar-refractivity contribution is -0.115. The molecule has 1 aliphatic rings. The Bertz CT molecular complexity index is 908. The molecule has 1 heterocycles. The van der Waals surface area contributed by atoms with Crippen LogP contribution in [0.3, 0.4) is 0 Å². The van der Waals surface area contributed by atoms with Crippen LogP contribution in [0.2, 0.25) is 0 Å². The minimum Gasteiger partial charge on any atom is -0.372 e. The largest absolute Gasteiger partial charge is 0.372 e. The number of carbonyl (C=O) groups is 2. The van der Waals surface area contributed by atoms with Crippen LogP contribution in [0.5, 0.6) is 0 Å². The molecule has 0 spiro atoms. The third-order valence-corrected chi connectivity index (χ3v) is 4.96. The van der Waals surface area contributed by atoms with Gasteiger partial charge in [0.05, 0.1) is 17.9 Å². The van der Waals surface area contributed by atoms with Gasteiger partial charge in [0.15, 0.2) is 0 Å². The van der Waals surface area contributed by atoms with E-state index in [0.29, 0.717) is 42.0 Å². The molecule has 2 amide bonds. The highest BCUT2D eigenvalue weighted by atomic mass is 19.1. The Morgan fingerprint density at radius 2 is 1.87 bits per heavy atom. The van der Waals surface area contributed by atoms with Crippen LogP contribution in [0.4, 0.5) is 15.8 Å². The first-order chi connectivity index (χ1) is 14.4. The molecular weight excluding hydrogens is 385 g/mol. The number of nitrogens with one attached hydrogen (secondary N) is 2. The summed E-state index contributed by atoms with van der Waals surface area (Å²) in [5.41, 5.74) is 2.22. The summed E-state index contributed by atoms with van der Waals surface area (Å²) in [6, 6.07) is 11.8. The summed E-state index contributed by atoms with van der Waals surface area (Å²) < 4.78 is 20.4. The molecule has 3 rings (SSSR count). The Morgan fingerprint density at radius 3 is 2.53 bits per heavy atom. The van der Waals surface area contributed by atoms with Crippen LogP contribution < -0.4 is 15.5 Å². The van der Waals surface area contributed by atoms with Crippen LogP contribution in [-0.2, 0) is 16.1 Å². The maximum atomic E-state index is 14.7. The molecule has 2 aromatic carbocycles. The Labute approximate surface area is 176 Å². The maximum absolute atomic E-state index is 14.7. The zero-order valence-electron chi connectivity index (χ0n) is 17.6. The first-order valence-electron chi connectivity index (χ1n) is 10.2. The summed E-state index contributed by atoms with van der Waals surface area (Å²) in [6.07, 6.45) is 0.454. The Balaban J connectivity index is 1.62. The van der Waals surface area contributed by atoms with Gasteiger partial charge in [-0.3, -0.25) is 9.59 Å². The molecule has 2 N–H and O–H groups in total. The molecule has 0 saturated carbocycles. The van der Waals surface area contributed by atoms with Crippen molar-refractivity contribution in [2.75, 3.05) is 23.3 Å². The molecule has 1 aliphatic heterocycles. The topological polar surface area (TPSA) is 70.7 Å². The molecule has 2 atom stereocenters. The number of hydrogen-bond acceptors (Lipinski definition) is 4. The van der Waals surface area contributed by atoms with E-state index in [1.165, 1.54) is 6.07 Å². The number of benzene rings is 2. The second-order valence-corrected chi connectivity index (χ2v) is 7.61. The minimum absolute atomic E-state index is 0.0463. The second kappa shape index (κ2) is 9.71. The van der Waals surface area contributed by atoms with Gasteiger partial charge in [-0.2, -0.15) is 0 Å². The fourth-order valence-electron chi connectivity index (χ4n) is 3.56. The number of halogens is 1. The third-order valence-electron chi connectivity index (χ3n) is 4.96. The van der Waals surface area contributed by atoms with Gasteiger partial charge < -0.3 is 20.3 Å². The first kappa shape index (κ1) is 21.8. The predicted octanol–water partition coefficient (Wildman–Crippen LogP) is 3.72. The summed E-state index contributed by atoms with van der Waals surface area (Å²) in [7, 11) is 0. The molecule has 7 heteroatoms. The number of ether oxygens (including phenoxy) is 1. The van der Waals surface area contributed by atoms with E-state index in [-0.39, 0.29) is 36.4 Å². The molecule has 0 radical (unpaired) electrons. The molecule has 1 saturated heterocycles. The predicted molar refractivity (Wildman–Crippen MR) is 115 cm³/mol. The zero-order chi connectivity index (χ0) is 21.7. The molecule has 2 unspecified atom stereocenters. The average Bonchev–Trinajstić information content (AvgIpc) is 2.71. The summed E-state index contributed by atoms with van der Waals surface area (Å²) in [5, 5.41) is 5.53. The number of morpholine rings is 1. The minimum atomic E-state index is -0.313. The lowest BCUT2D eigenvalue weighted by Crippen LogP contribution is -2.45. The van der Waals surface area contributed by atoms with Gasteiger partial charge in [-0.05, 0) is 49.7 Å². The van der Waals surface area contributed by atoms with Gasteiger partial charge in [-0.1, -0.05) is 19.1 Å². The molecule has 160 valence electrons. The highest BCUT2D eigenvalue weighted by Crippen LogP contribution is 2.24. The van der Waals surface area contributed by atoms with Gasteiger partial charge in [0.25, 0.3) is 5.91 Å². The molecule has 1 fully saturated rings. The number of hydrogen-bond donors (Lipinski definition) is 2. The molecular formula is C23H28FN3O3. The van der Waals surface area contributed by atoms with Gasteiger partial charge in [0.2, 0.25) is 5.91 Å². The van der Waals surface area contributed by atoms with E-state index in [1.54, 1.807) is 37.3 Å². The summed E-state index contributed by atoms with van der Waals surface area (Å²) >= 11 is 0. The Kier molecular flexibility index (Phi) is 7.05. The van der Waals surface area contributed by atoms with Gasteiger partial charge in [-0.25, -0.2) is 4.39 Å². The fourth-order valence-corrected chi connectivity index (χ4v) is 3.56. The number of anilines is 2. The van der Waals surface area contributed by atoms with Crippen molar-refractivity contribution in [3.63, 3.8) is 0 Å². The SMILES string of the molecule is CCC(=O)Nc1cccc(C(=O)NCc2ccc(N3CC(C)OC(C)C3)c(F)c2)c1. The van der Waals surface area contributed by atoms with E-state index < -0.39 is 0 Å². The van der Waals surface area contributed by atoms with Gasteiger partial charge in [0.1, 0.15) is 5.82 Å². The average molecular weight is 413 g/mol. The van der Waals surface area contributed by atoms with Crippen LogP contribution in [0.1, 0.15) is 43.1 Å². The molecule has 2 aromatic rings. The third kappa shape index (κ3) is 5.57. The fraction of sp³-hybridized carbons (Fsp3) is 0.391. The quantitative estimate of drug-likeness (QED) is 0.757. The van der Waals surface area contributed by atoms with Gasteiger partial charge in [-0.15, -0.1) is 0 Å². The standard InChI is InChI=1S/C23H28FN3O3/c1-4-22(28)26-19-7-5-6-18(11-19)23(29)25-12-17-8-9-21(20(24)10-17)27-13-15(2)30-16(3)14-27/h5-11,15-16H,4,12-14H2,1-3H3,(H,25,29)(H,26,28). The van der Waals surface area contributed by atoms with Crippen molar-refractivity contribution in [2.24, 2.45) is 0 Å². The van der Waals surface area contributed by atoms with E-state index in [0.717, 1.165) is 0 Å². The summed E-state index contributed by atoms with van der Waals surface area (Å²) in [5.74, 6) is -0.720. The summed E-state index contributed by atoms with van der Waals surface area (Å²) in [6.45, 7) is 7.21. The van der Waals surface area contributed by atoms with Crippen molar-refractivity contribution in [1.82, 2.24) is 5.32 Å². The van der Waals surface area contributed by atoms with Crippen LogP contribution in [0.25, 0.3) is 0 Å². The highest BCUT2D eigenvalue weighted by Gasteiger charge is 2.24. The van der Waals surface area contributed by atoms with Crippen LogP contribution in [0.15, 0.2) is 42.5 Å². The normalized spacial score (nSPS) is 18.7. The van der Waals surface area contributed by atoms with Crippen LogP contribution in [-0.4, -0.2) is 37.1 Å². The molecule has 30 heavy (non-hydrogen) atoms. The van der Waals surface area contributed by atoms with Crippen LogP contribution in [0, 0.1) is 5.82 Å². The Morgan fingerprint density at radius 1 is 1.13 bits per heavy atom. The second-order valence-electron chi connectivity index (χ2n) is 7.61. The van der Waals surface area contributed by atoms with Gasteiger partial charge >= 0.3 is 0 Å². The number of amides is 2. The van der Waals surface area contributed by atoms with Gasteiger partial charge in [0, 0.05) is 37.3 Å². The van der Waals surface area contributed by atoms with E-state index in [4.69, 9.17) is 4.74 Å². The lowest BCUT2D eigenvalue weighted by Gasteiger charge is -2.37. The summed E-state index contributed by atoms with van der Waals surface area (Å²) in [4.78, 5) is 26.0. The van der Waals surface area contributed by atoms with E-state index in [2.05, 4.69) is 10.6 Å². The first-order valence-corrected chi connectivity index (χ1v) is 10.2. The van der Waals surface area contributed by atoms with Crippen molar-refractivity contribution >= 4 is 23.2 Å². The highest BCUT2D eigenvalue weighted by molar-refractivity contribution is 5.97. The molecule has 0 aromatic heterocycles. The monoisotopic (exact) mass is 413 g/mol. The molecule has 0 aliphatic carbocycles. The van der Waals surface area contributed by atoms with Crippen molar-refractivity contribution in [1.29, 1.82) is 0 Å². The molecule has 0 bridgehead atoms. The number of carbonyl (C=O) groups excluding carboxylic acids is 2. The van der Waals surface area contributed by atoms with Crippen molar-refractivity contribution in [2.45, 2.75) is 45.9 Å². The number of nitrogens with zero attached hydrogens (tertiary/aromatic N) is 1. The lowest BCUT2D eigenvalue weighted by atomic mass is 10.1. The Hall–Kier alpha value is -2.93. The van der Waals surface area contributed by atoms with Crippen molar-refractivity contribution in [3.05, 3.63) is 59.4 Å².